The van der Waals surface area contributed by atoms with Gasteiger partial charge in [-0.2, -0.15) is 0 Å². The molecule has 1 heterocycles. The highest BCUT2D eigenvalue weighted by molar-refractivity contribution is 5.94. The zero-order valence-corrected chi connectivity index (χ0v) is 16.6. The number of nitrogens with zero attached hydrogens (tertiary/aromatic N) is 2. The molecule has 0 aliphatic carbocycles. The Morgan fingerprint density at radius 2 is 1.96 bits per heavy atom. The summed E-state index contributed by atoms with van der Waals surface area (Å²) >= 11 is 0. The Morgan fingerprint density at radius 3 is 2.59 bits per heavy atom. The quantitative estimate of drug-likeness (QED) is 0.410. The van der Waals surface area contributed by atoms with Crippen LogP contribution in [0.1, 0.15) is 43.1 Å². The van der Waals surface area contributed by atoms with Crippen LogP contribution in [0.3, 0.4) is 0 Å². The van der Waals surface area contributed by atoms with Gasteiger partial charge in [0.25, 0.3) is 5.91 Å². The number of nitrogens with two attached hydrogens (primary N) is 1. The number of nitrogens with one attached hydrogen (secondary N) is 1. The monoisotopic (exact) mass is 376 g/mol. The Morgan fingerprint density at radius 1 is 1.30 bits per heavy atom. The number of aliphatic imine (C=N–C) groups is 1. The summed E-state index contributed by atoms with van der Waals surface area (Å²) in [6.45, 7) is 9.87. The summed E-state index contributed by atoms with van der Waals surface area (Å²) in [5.41, 5.74) is 7.56. The number of guanidine groups is 1. The van der Waals surface area contributed by atoms with Crippen molar-refractivity contribution in [1.29, 1.82) is 0 Å². The van der Waals surface area contributed by atoms with E-state index in [1.807, 2.05) is 49.9 Å². The van der Waals surface area contributed by atoms with Crippen molar-refractivity contribution in [2.75, 3.05) is 32.8 Å². The van der Waals surface area contributed by atoms with Gasteiger partial charge in [0, 0.05) is 38.4 Å². The fourth-order valence-corrected chi connectivity index (χ4v) is 3.05. The molecule has 1 amide bonds. The summed E-state index contributed by atoms with van der Waals surface area (Å²) in [5.74, 6) is 0.463. The number of rotatable bonds is 8. The number of hydrogen-bond donors (Lipinski definition) is 2. The topological polar surface area (TPSA) is 89.2 Å². The summed E-state index contributed by atoms with van der Waals surface area (Å²) in [7, 11) is 0. The van der Waals surface area contributed by atoms with Gasteiger partial charge in [-0.25, -0.2) is 4.99 Å². The van der Waals surface area contributed by atoms with Gasteiger partial charge in [0.1, 0.15) is 0 Å². The van der Waals surface area contributed by atoms with E-state index in [4.69, 9.17) is 15.2 Å². The lowest BCUT2D eigenvalue weighted by molar-refractivity contribution is -0.0586. The summed E-state index contributed by atoms with van der Waals surface area (Å²) in [5, 5.41) is 3.07. The first-order valence-electron chi connectivity index (χ1n) is 9.64. The molecular formula is C20H32N4O3. The third-order valence-corrected chi connectivity index (χ3v) is 4.32. The third kappa shape index (κ3) is 7.19. The zero-order valence-electron chi connectivity index (χ0n) is 16.6. The van der Waals surface area contributed by atoms with Crippen molar-refractivity contribution in [2.45, 2.75) is 45.9 Å². The number of benzene rings is 1. The van der Waals surface area contributed by atoms with Crippen LogP contribution in [0, 0.1) is 0 Å². The standard InChI is InChI=1S/C20H32N4O3/c1-4-26-11-5-10-22-20(21)23-12-17-6-8-18(9-7-17)19(25)24-13-15(2)27-16(3)14-24/h6-9,15-16H,4-5,10-14H2,1-3H3,(H3,21,22,23). The number of morpholine rings is 1. The van der Waals surface area contributed by atoms with Crippen molar-refractivity contribution < 1.29 is 14.3 Å². The summed E-state index contributed by atoms with van der Waals surface area (Å²) in [6, 6.07) is 7.55. The molecule has 2 unspecified atom stereocenters. The van der Waals surface area contributed by atoms with E-state index in [1.165, 1.54) is 0 Å². The minimum absolute atomic E-state index is 0.0440. The van der Waals surface area contributed by atoms with Crippen molar-refractivity contribution in [3.05, 3.63) is 35.4 Å². The van der Waals surface area contributed by atoms with Crippen molar-refractivity contribution in [2.24, 2.45) is 10.7 Å². The van der Waals surface area contributed by atoms with Crippen molar-refractivity contribution in [3.8, 4) is 0 Å². The second-order valence-electron chi connectivity index (χ2n) is 6.84. The molecule has 0 radical (unpaired) electrons. The van der Waals surface area contributed by atoms with Gasteiger partial charge in [-0.3, -0.25) is 4.79 Å². The molecule has 1 aromatic rings. The predicted octanol–water partition coefficient (Wildman–Crippen LogP) is 1.77. The highest BCUT2D eigenvalue weighted by Crippen LogP contribution is 2.15. The molecule has 2 rings (SSSR count). The van der Waals surface area contributed by atoms with Crippen LogP contribution < -0.4 is 11.1 Å². The summed E-state index contributed by atoms with van der Waals surface area (Å²) < 4.78 is 11.0. The Hall–Kier alpha value is -2.12. The lowest BCUT2D eigenvalue weighted by Crippen LogP contribution is -2.48. The molecule has 1 fully saturated rings. The molecule has 1 aromatic carbocycles. The first kappa shape index (κ1) is 21.2. The van der Waals surface area contributed by atoms with Crippen molar-refractivity contribution in [1.82, 2.24) is 10.2 Å². The normalized spacial score (nSPS) is 20.6. The maximum atomic E-state index is 12.7. The number of amides is 1. The zero-order chi connectivity index (χ0) is 19.6. The van der Waals surface area contributed by atoms with Crippen LogP contribution in [0.5, 0.6) is 0 Å². The molecule has 150 valence electrons. The third-order valence-electron chi connectivity index (χ3n) is 4.32. The van der Waals surface area contributed by atoms with Crippen LogP contribution in [0.4, 0.5) is 0 Å². The van der Waals surface area contributed by atoms with Gasteiger partial charge in [-0.1, -0.05) is 12.1 Å². The minimum Gasteiger partial charge on any atom is -0.382 e. The first-order valence-corrected chi connectivity index (χ1v) is 9.64. The van der Waals surface area contributed by atoms with Gasteiger partial charge in [-0.15, -0.1) is 0 Å². The van der Waals surface area contributed by atoms with Gasteiger partial charge in [0.15, 0.2) is 5.96 Å². The number of carbonyl (C=O) groups excluding carboxylic acids is 1. The highest BCUT2D eigenvalue weighted by atomic mass is 16.5. The Labute approximate surface area is 161 Å². The molecule has 0 spiro atoms. The molecule has 7 heteroatoms. The smallest absolute Gasteiger partial charge is 0.254 e. The molecule has 0 aromatic heterocycles. The lowest BCUT2D eigenvalue weighted by Gasteiger charge is -2.35. The fourth-order valence-electron chi connectivity index (χ4n) is 3.05. The van der Waals surface area contributed by atoms with Crippen LogP contribution in [0.15, 0.2) is 29.3 Å². The van der Waals surface area contributed by atoms with E-state index in [2.05, 4.69) is 10.3 Å². The molecule has 2 atom stereocenters. The maximum absolute atomic E-state index is 12.7. The van der Waals surface area contributed by atoms with Crippen LogP contribution >= 0.6 is 0 Å². The fraction of sp³-hybridized carbons (Fsp3) is 0.600. The molecule has 0 saturated carbocycles. The predicted molar refractivity (Wildman–Crippen MR) is 107 cm³/mol. The molecule has 0 bridgehead atoms. The number of ether oxygens (including phenoxy) is 2. The molecule has 27 heavy (non-hydrogen) atoms. The van der Waals surface area contributed by atoms with Gasteiger partial charge >= 0.3 is 0 Å². The summed E-state index contributed by atoms with van der Waals surface area (Å²) in [6.07, 6.45) is 1.02. The van der Waals surface area contributed by atoms with E-state index in [0.717, 1.165) is 25.1 Å². The van der Waals surface area contributed by atoms with E-state index < -0.39 is 0 Å². The SMILES string of the molecule is CCOCCCNC(N)=NCc1ccc(C(=O)N2CC(C)OC(C)C2)cc1. The van der Waals surface area contributed by atoms with Crippen LogP contribution in [-0.4, -0.2) is 61.8 Å². The van der Waals surface area contributed by atoms with E-state index in [9.17, 15) is 4.79 Å². The van der Waals surface area contributed by atoms with E-state index in [1.54, 1.807) is 0 Å². The minimum atomic E-state index is 0.0440. The van der Waals surface area contributed by atoms with Crippen molar-refractivity contribution >= 4 is 11.9 Å². The van der Waals surface area contributed by atoms with Gasteiger partial charge < -0.3 is 25.4 Å². The van der Waals surface area contributed by atoms with E-state index >= 15 is 0 Å². The highest BCUT2D eigenvalue weighted by Gasteiger charge is 2.26. The van der Waals surface area contributed by atoms with E-state index in [-0.39, 0.29) is 18.1 Å². The first-order chi connectivity index (χ1) is 13.0. The number of carbonyl (C=O) groups is 1. The second-order valence-corrected chi connectivity index (χ2v) is 6.84. The van der Waals surface area contributed by atoms with Crippen LogP contribution in [0.2, 0.25) is 0 Å². The summed E-state index contributed by atoms with van der Waals surface area (Å²) in [4.78, 5) is 18.8. The molecule has 1 aliphatic heterocycles. The van der Waals surface area contributed by atoms with Crippen LogP contribution in [0.25, 0.3) is 0 Å². The molecule has 7 nitrogen and oxygen atoms in total. The molecular weight excluding hydrogens is 344 g/mol. The molecule has 1 aliphatic rings. The average molecular weight is 377 g/mol. The largest absolute Gasteiger partial charge is 0.382 e. The lowest BCUT2D eigenvalue weighted by atomic mass is 10.1. The second kappa shape index (κ2) is 10.9. The molecule has 3 N–H and O–H groups in total. The van der Waals surface area contributed by atoms with Gasteiger partial charge in [0.2, 0.25) is 0 Å². The number of hydrogen-bond acceptors (Lipinski definition) is 4. The Bertz CT molecular complexity index is 608. The van der Waals surface area contributed by atoms with Crippen molar-refractivity contribution in [3.63, 3.8) is 0 Å². The van der Waals surface area contributed by atoms with Gasteiger partial charge in [-0.05, 0) is 44.9 Å². The van der Waals surface area contributed by atoms with Crippen LogP contribution in [-0.2, 0) is 16.0 Å². The Balaban J connectivity index is 1.82. The van der Waals surface area contributed by atoms with Gasteiger partial charge in [0.05, 0.1) is 18.8 Å². The maximum Gasteiger partial charge on any atom is 0.254 e. The Kier molecular flexibility index (Phi) is 8.54. The van der Waals surface area contributed by atoms with E-state index in [0.29, 0.717) is 37.8 Å². The average Bonchev–Trinajstić information content (AvgIpc) is 2.65. The molecule has 1 saturated heterocycles.